The summed E-state index contributed by atoms with van der Waals surface area (Å²) in [5, 5.41) is 14.9. The van der Waals surface area contributed by atoms with E-state index in [-0.39, 0.29) is 5.91 Å². The zero-order valence-electron chi connectivity index (χ0n) is 17.0. The number of aromatic amines is 2. The molecule has 6 aromatic rings. The van der Waals surface area contributed by atoms with Crippen molar-refractivity contribution in [3.63, 3.8) is 0 Å². The molecule has 0 bridgehead atoms. The summed E-state index contributed by atoms with van der Waals surface area (Å²) in [4.78, 5) is 28.6. The third kappa shape index (κ3) is 3.65. The smallest absolute Gasteiger partial charge is 0.273 e. The number of rotatable bonds is 5. The van der Waals surface area contributed by atoms with Crippen LogP contribution in [0.3, 0.4) is 0 Å². The number of oxazole rings is 1. The summed E-state index contributed by atoms with van der Waals surface area (Å²) >= 11 is 0. The molecule has 0 saturated heterocycles. The average Bonchev–Trinajstić information content (AvgIpc) is 3.59. The normalized spacial score (nSPS) is 11.2. The number of H-pyrrole nitrogens is 2. The van der Waals surface area contributed by atoms with Gasteiger partial charge in [0.15, 0.2) is 18.0 Å². The van der Waals surface area contributed by atoms with Gasteiger partial charge >= 0.3 is 0 Å². The summed E-state index contributed by atoms with van der Waals surface area (Å²) in [7, 11) is 0. The highest BCUT2D eigenvalue weighted by Gasteiger charge is 2.12. The molecule has 0 unspecified atom stereocenters. The van der Waals surface area contributed by atoms with Gasteiger partial charge in [-0.1, -0.05) is 12.1 Å². The molecule has 4 N–H and O–H groups in total. The van der Waals surface area contributed by atoms with Gasteiger partial charge in [0.25, 0.3) is 5.91 Å². The summed E-state index contributed by atoms with van der Waals surface area (Å²) < 4.78 is 4.88. The second kappa shape index (κ2) is 7.61. The molecule has 0 aliphatic heterocycles. The van der Waals surface area contributed by atoms with Gasteiger partial charge in [-0.05, 0) is 36.4 Å². The van der Waals surface area contributed by atoms with Crippen LogP contribution in [0.1, 0.15) is 10.5 Å². The molecule has 6 rings (SSSR count). The Morgan fingerprint density at radius 3 is 2.82 bits per heavy atom. The Balaban J connectivity index is 1.26. The largest absolute Gasteiger partial charge is 0.449 e. The van der Waals surface area contributed by atoms with E-state index >= 15 is 0 Å². The van der Waals surface area contributed by atoms with Crippen molar-refractivity contribution in [3.05, 3.63) is 79.3 Å². The second-order valence-corrected chi connectivity index (χ2v) is 7.38. The number of hydrogen-bond acceptors (Lipinski definition) is 7. The number of hydrogen-bond donors (Lipinski definition) is 4. The van der Waals surface area contributed by atoms with Gasteiger partial charge in [-0.2, -0.15) is 10.1 Å². The van der Waals surface area contributed by atoms with E-state index in [1.165, 1.54) is 12.7 Å². The average molecular weight is 436 g/mol. The lowest BCUT2D eigenvalue weighted by Crippen LogP contribution is -2.12. The molecule has 0 atom stereocenters. The quantitative estimate of drug-likeness (QED) is 0.312. The Hall–Kier alpha value is -4.99. The van der Waals surface area contributed by atoms with Crippen molar-refractivity contribution < 1.29 is 9.21 Å². The first-order valence-corrected chi connectivity index (χ1v) is 10.1. The third-order valence-electron chi connectivity index (χ3n) is 5.17. The number of carbonyl (C=O) groups excluding carboxylic acids is 1. The van der Waals surface area contributed by atoms with Crippen LogP contribution in [0.4, 0.5) is 17.3 Å². The molecular formula is C23H16N8O2. The maximum absolute atomic E-state index is 12.5. The number of amides is 1. The first-order chi connectivity index (χ1) is 16.2. The van der Waals surface area contributed by atoms with Crippen molar-refractivity contribution >= 4 is 45.0 Å². The fourth-order valence-corrected chi connectivity index (χ4v) is 3.58. The first kappa shape index (κ1) is 18.8. The highest BCUT2D eigenvalue weighted by Crippen LogP contribution is 2.25. The van der Waals surface area contributed by atoms with E-state index in [0.29, 0.717) is 23.2 Å². The Labute approximate surface area is 186 Å². The minimum absolute atomic E-state index is 0.307. The predicted octanol–water partition coefficient (Wildman–Crippen LogP) is 4.49. The lowest BCUT2D eigenvalue weighted by molar-refractivity contribution is 0.102. The van der Waals surface area contributed by atoms with E-state index in [4.69, 9.17) is 4.42 Å². The topological polar surface area (TPSA) is 137 Å². The molecular weight excluding hydrogens is 420 g/mol. The molecule has 10 nitrogen and oxygen atoms in total. The molecule has 0 aliphatic rings. The molecule has 4 aromatic heterocycles. The van der Waals surface area contributed by atoms with Crippen molar-refractivity contribution in [1.82, 2.24) is 30.1 Å². The number of nitrogens with zero attached hydrogens (tertiary/aromatic N) is 4. The van der Waals surface area contributed by atoms with E-state index in [9.17, 15) is 4.79 Å². The maximum atomic E-state index is 12.5. The van der Waals surface area contributed by atoms with Crippen LogP contribution in [-0.2, 0) is 0 Å². The number of nitrogens with one attached hydrogen (secondary N) is 4. The highest BCUT2D eigenvalue weighted by atomic mass is 16.3. The van der Waals surface area contributed by atoms with Crippen LogP contribution in [0.5, 0.6) is 0 Å². The molecule has 0 saturated carbocycles. The summed E-state index contributed by atoms with van der Waals surface area (Å²) in [6.45, 7) is 0. The molecule has 160 valence electrons. The first-order valence-electron chi connectivity index (χ1n) is 10.1. The minimum Gasteiger partial charge on any atom is -0.449 e. The number of benzene rings is 2. The molecule has 10 heteroatoms. The number of fused-ring (bicyclic) bond motifs is 2. The Kier molecular flexibility index (Phi) is 4.32. The summed E-state index contributed by atoms with van der Waals surface area (Å²) in [6, 6.07) is 15.3. The summed E-state index contributed by atoms with van der Waals surface area (Å²) in [6.07, 6.45) is 6.10. The van der Waals surface area contributed by atoms with Gasteiger partial charge in [0.1, 0.15) is 17.8 Å². The van der Waals surface area contributed by atoms with Crippen LogP contribution in [0, 0.1) is 0 Å². The van der Waals surface area contributed by atoms with E-state index < -0.39 is 0 Å². The van der Waals surface area contributed by atoms with Gasteiger partial charge in [0.05, 0.1) is 11.7 Å². The zero-order valence-corrected chi connectivity index (χ0v) is 17.0. The maximum Gasteiger partial charge on any atom is 0.273 e. The van der Waals surface area contributed by atoms with Crippen molar-refractivity contribution in [2.75, 3.05) is 10.6 Å². The lowest BCUT2D eigenvalue weighted by atomic mass is 10.1. The van der Waals surface area contributed by atoms with Crippen LogP contribution < -0.4 is 10.6 Å². The van der Waals surface area contributed by atoms with E-state index in [1.54, 1.807) is 18.5 Å². The molecule has 0 fully saturated rings. The van der Waals surface area contributed by atoms with E-state index in [1.807, 2.05) is 42.5 Å². The van der Waals surface area contributed by atoms with Crippen molar-refractivity contribution in [1.29, 1.82) is 0 Å². The third-order valence-corrected chi connectivity index (χ3v) is 5.17. The van der Waals surface area contributed by atoms with Gasteiger partial charge in [-0.15, -0.1) is 0 Å². The number of aromatic nitrogens is 6. The second-order valence-electron chi connectivity index (χ2n) is 7.38. The Morgan fingerprint density at radius 1 is 0.939 bits per heavy atom. The number of carbonyl (C=O) groups is 1. The monoisotopic (exact) mass is 436 g/mol. The Morgan fingerprint density at radius 2 is 1.91 bits per heavy atom. The van der Waals surface area contributed by atoms with Crippen LogP contribution in [-0.4, -0.2) is 36.0 Å². The van der Waals surface area contributed by atoms with Crippen LogP contribution in [0.2, 0.25) is 0 Å². The Bertz CT molecular complexity index is 1600. The summed E-state index contributed by atoms with van der Waals surface area (Å²) in [5.74, 6) is 1.28. The van der Waals surface area contributed by atoms with Crippen molar-refractivity contribution in [2.45, 2.75) is 0 Å². The standard InChI is InChI=1S/C23H16N8O2/c32-23(30-21-11-33-12-25-21)19-8-13-1-2-14(9-18(13)28-19)22-24-6-5-20(29-22)27-16-3-4-17-15(7-16)10-26-31-17/h1-12,28H,(H,26,31)(H,30,32)(H,24,27,29). The zero-order chi connectivity index (χ0) is 22.2. The molecule has 33 heavy (non-hydrogen) atoms. The SMILES string of the molecule is O=C(Nc1cocn1)c1cc2ccc(-c3nccc(Nc4ccc5[nH]ncc5c4)n3)cc2[nH]1. The van der Waals surface area contributed by atoms with Crippen LogP contribution >= 0.6 is 0 Å². The van der Waals surface area contributed by atoms with Crippen LogP contribution in [0.15, 0.2) is 78.0 Å². The molecule has 4 heterocycles. The highest BCUT2D eigenvalue weighted by molar-refractivity contribution is 6.05. The number of anilines is 3. The van der Waals surface area contributed by atoms with E-state index in [2.05, 4.69) is 40.8 Å². The van der Waals surface area contributed by atoms with Gasteiger partial charge in [0, 0.05) is 33.7 Å². The molecule has 0 radical (unpaired) electrons. The molecule has 1 amide bonds. The predicted molar refractivity (Wildman–Crippen MR) is 123 cm³/mol. The molecule has 2 aromatic carbocycles. The van der Waals surface area contributed by atoms with Gasteiger partial charge < -0.3 is 20.0 Å². The van der Waals surface area contributed by atoms with Gasteiger partial charge in [-0.3, -0.25) is 9.89 Å². The summed E-state index contributed by atoms with van der Waals surface area (Å²) in [5.41, 5.74) is 3.90. The lowest BCUT2D eigenvalue weighted by Gasteiger charge is -2.07. The van der Waals surface area contributed by atoms with Crippen molar-refractivity contribution in [3.8, 4) is 11.4 Å². The van der Waals surface area contributed by atoms with Crippen molar-refractivity contribution in [2.24, 2.45) is 0 Å². The van der Waals surface area contributed by atoms with Gasteiger partial charge in [0.2, 0.25) is 0 Å². The molecule has 0 spiro atoms. The fourth-order valence-electron chi connectivity index (χ4n) is 3.58. The van der Waals surface area contributed by atoms with Gasteiger partial charge in [-0.25, -0.2) is 9.97 Å². The van der Waals surface area contributed by atoms with E-state index in [0.717, 1.165) is 33.1 Å². The molecule has 0 aliphatic carbocycles. The minimum atomic E-state index is -0.307. The van der Waals surface area contributed by atoms with Crippen LogP contribution in [0.25, 0.3) is 33.2 Å². The fraction of sp³-hybridized carbons (Fsp3) is 0.